The number of aromatic nitrogens is 3. The van der Waals surface area contributed by atoms with E-state index < -0.39 is 0 Å². The SMILES string of the molecule is CC.CC.CC.COc1cccc(-c2nc(C3CCNCC3)[nH]c2-c2ccncc2)c1. The van der Waals surface area contributed by atoms with E-state index in [-0.39, 0.29) is 0 Å². The van der Waals surface area contributed by atoms with Gasteiger partial charge >= 0.3 is 0 Å². The molecule has 0 amide bonds. The number of aromatic amines is 1. The van der Waals surface area contributed by atoms with Crippen molar-refractivity contribution in [1.82, 2.24) is 20.3 Å². The summed E-state index contributed by atoms with van der Waals surface area (Å²) in [6, 6.07) is 12.1. The second kappa shape index (κ2) is 15.2. The van der Waals surface area contributed by atoms with Gasteiger partial charge in [-0.1, -0.05) is 53.7 Å². The van der Waals surface area contributed by atoms with Crippen LogP contribution in [-0.2, 0) is 0 Å². The minimum absolute atomic E-state index is 0.473. The fraction of sp³-hybridized carbons (Fsp3) is 0.462. The largest absolute Gasteiger partial charge is 0.497 e. The quantitative estimate of drug-likeness (QED) is 0.489. The molecule has 2 aromatic heterocycles. The molecule has 2 N–H and O–H groups in total. The molecule has 1 aliphatic rings. The lowest BCUT2D eigenvalue weighted by Gasteiger charge is -2.20. The zero-order valence-electron chi connectivity index (χ0n) is 20.3. The van der Waals surface area contributed by atoms with Crippen LogP contribution in [-0.4, -0.2) is 35.2 Å². The van der Waals surface area contributed by atoms with Crippen molar-refractivity contribution in [2.24, 2.45) is 0 Å². The van der Waals surface area contributed by atoms with E-state index in [1.165, 1.54) is 0 Å². The van der Waals surface area contributed by atoms with E-state index in [0.29, 0.717) is 5.92 Å². The lowest BCUT2D eigenvalue weighted by atomic mass is 9.98. The average molecular weight is 425 g/mol. The van der Waals surface area contributed by atoms with Crippen LogP contribution in [0.15, 0.2) is 48.8 Å². The number of hydrogen-bond donors (Lipinski definition) is 2. The van der Waals surface area contributed by atoms with Crippen molar-refractivity contribution in [2.75, 3.05) is 20.2 Å². The zero-order valence-corrected chi connectivity index (χ0v) is 20.3. The molecule has 0 aliphatic carbocycles. The number of benzene rings is 1. The first-order valence-corrected chi connectivity index (χ1v) is 11.7. The molecule has 5 heteroatoms. The van der Waals surface area contributed by atoms with Crippen molar-refractivity contribution in [1.29, 1.82) is 0 Å². The van der Waals surface area contributed by atoms with Gasteiger partial charge in [0.2, 0.25) is 0 Å². The zero-order chi connectivity index (χ0) is 23.1. The molecule has 5 nitrogen and oxygen atoms in total. The monoisotopic (exact) mass is 424 g/mol. The van der Waals surface area contributed by atoms with Gasteiger partial charge in [0.05, 0.1) is 18.5 Å². The lowest BCUT2D eigenvalue weighted by molar-refractivity contribution is 0.415. The second-order valence-electron chi connectivity index (χ2n) is 6.34. The summed E-state index contributed by atoms with van der Waals surface area (Å²) in [6.07, 6.45) is 5.85. The van der Waals surface area contributed by atoms with Gasteiger partial charge < -0.3 is 15.0 Å². The molecule has 170 valence electrons. The van der Waals surface area contributed by atoms with Crippen molar-refractivity contribution >= 4 is 0 Å². The van der Waals surface area contributed by atoms with Crippen molar-refractivity contribution in [3.8, 4) is 28.3 Å². The van der Waals surface area contributed by atoms with E-state index in [1.807, 2.05) is 84.3 Å². The highest BCUT2D eigenvalue weighted by Gasteiger charge is 2.22. The Morgan fingerprint density at radius 3 is 2.13 bits per heavy atom. The fourth-order valence-corrected chi connectivity index (χ4v) is 3.39. The highest BCUT2D eigenvalue weighted by Crippen LogP contribution is 2.34. The molecule has 0 unspecified atom stereocenters. The van der Waals surface area contributed by atoms with Gasteiger partial charge in [-0.05, 0) is 50.2 Å². The third kappa shape index (κ3) is 7.21. The predicted octanol–water partition coefficient (Wildman–Crippen LogP) is 6.69. The number of imidazole rings is 1. The van der Waals surface area contributed by atoms with E-state index in [4.69, 9.17) is 9.72 Å². The van der Waals surface area contributed by atoms with E-state index in [0.717, 1.165) is 60.0 Å². The maximum Gasteiger partial charge on any atom is 0.119 e. The van der Waals surface area contributed by atoms with E-state index in [1.54, 1.807) is 7.11 Å². The molecule has 3 heterocycles. The number of pyridine rings is 1. The minimum atomic E-state index is 0.473. The first kappa shape index (κ1) is 26.4. The van der Waals surface area contributed by atoms with Gasteiger partial charge in [-0.3, -0.25) is 4.98 Å². The molecule has 0 spiro atoms. The smallest absolute Gasteiger partial charge is 0.119 e. The van der Waals surface area contributed by atoms with E-state index >= 15 is 0 Å². The van der Waals surface area contributed by atoms with E-state index in [9.17, 15) is 0 Å². The van der Waals surface area contributed by atoms with Crippen LogP contribution in [0.5, 0.6) is 5.75 Å². The Balaban J connectivity index is 0.000000739. The molecular weight excluding hydrogens is 384 g/mol. The first-order valence-electron chi connectivity index (χ1n) is 11.7. The molecule has 4 rings (SSSR count). The average Bonchev–Trinajstić information content (AvgIpc) is 3.34. The third-order valence-electron chi connectivity index (χ3n) is 4.76. The van der Waals surface area contributed by atoms with Gasteiger partial charge in [0.25, 0.3) is 0 Å². The second-order valence-corrected chi connectivity index (χ2v) is 6.34. The van der Waals surface area contributed by atoms with Crippen LogP contribution in [0.25, 0.3) is 22.5 Å². The summed E-state index contributed by atoms with van der Waals surface area (Å²) in [5.74, 6) is 2.39. The molecule has 31 heavy (non-hydrogen) atoms. The van der Waals surface area contributed by atoms with Crippen LogP contribution in [0.2, 0.25) is 0 Å². The number of methoxy groups -OCH3 is 1. The van der Waals surface area contributed by atoms with Gasteiger partial charge in [0, 0.05) is 29.4 Å². The number of nitrogens with one attached hydrogen (secondary N) is 2. The first-order chi connectivity index (χ1) is 15.3. The summed E-state index contributed by atoms with van der Waals surface area (Å²) >= 11 is 0. The van der Waals surface area contributed by atoms with Crippen molar-refractivity contribution < 1.29 is 4.74 Å². The third-order valence-corrected chi connectivity index (χ3v) is 4.76. The van der Waals surface area contributed by atoms with Crippen LogP contribution in [0.3, 0.4) is 0 Å². The predicted molar refractivity (Wildman–Crippen MR) is 133 cm³/mol. The molecule has 1 fully saturated rings. The molecule has 3 aromatic rings. The van der Waals surface area contributed by atoms with Crippen molar-refractivity contribution in [3.05, 3.63) is 54.6 Å². The summed E-state index contributed by atoms with van der Waals surface area (Å²) in [4.78, 5) is 12.7. The highest BCUT2D eigenvalue weighted by atomic mass is 16.5. The summed E-state index contributed by atoms with van der Waals surface area (Å²) < 4.78 is 5.39. The van der Waals surface area contributed by atoms with Crippen LogP contribution < -0.4 is 10.1 Å². The molecule has 0 radical (unpaired) electrons. The van der Waals surface area contributed by atoms with Gasteiger partial charge in [0.15, 0.2) is 0 Å². The Bertz CT molecular complexity index is 840. The Morgan fingerprint density at radius 1 is 0.871 bits per heavy atom. The van der Waals surface area contributed by atoms with Gasteiger partial charge in [-0.15, -0.1) is 0 Å². The molecule has 1 aromatic carbocycles. The summed E-state index contributed by atoms with van der Waals surface area (Å²) in [7, 11) is 1.69. The fourth-order valence-electron chi connectivity index (χ4n) is 3.39. The maximum atomic E-state index is 5.39. The van der Waals surface area contributed by atoms with Crippen LogP contribution in [0, 0.1) is 0 Å². The van der Waals surface area contributed by atoms with Gasteiger partial charge in [-0.2, -0.15) is 0 Å². The summed E-state index contributed by atoms with van der Waals surface area (Å²) in [5, 5.41) is 3.42. The number of ether oxygens (including phenoxy) is 1. The lowest BCUT2D eigenvalue weighted by Crippen LogP contribution is -2.27. The van der Waals surface area contributed by atoms with Gasteiger partial charge in [-0.25, -0.2) is 4.98 Å². The van der Waals surface area contributed by atoms with Crippen molar-refractivity contribution in [3.63, 3.8) is 0 Å². The summed E-state index contributed by atoms with van der Waals surface area (Å²) in [5.41, 5.74) is 4.17. The van der Waals surface area contributed by atoms with Crippen LogP contribution in [0.1, 0.15) is 66.1 Å². The molecule has 0 bridgehead atoms. The molecule has 0 saturated carbocycles. The molecule has 1 aliphatic heterocycles. The molecule has 0 atom stereocenters. The number of H-pyrrole nitrogens is 1. The normalized spacial score (nSPS) is 12.9. The van der Waals surface area contributed by atoms with Gasteiger partial charge in [0.1, 0.15) is 11.6 Å². The molecular formula is C26H40N4O. The van der Waals surface area contributed by atoms with Crippen LogP contribution >= 0.6 is 0 Å². The Kier molecular flexibility index (Phi) is 12.9. The highest BCUT2D eigenvalue weighted by molar-refractivity contribution is 5.78. The Hall–Kier alpha value is -2.66. The Labute approximate surface area is 188 Å². The number of nitrogens with zero attached hydrogens (tertiary/aromatic N) is 2. The van der Waals surface area contributed by atoms with Crippen molar-refractivity contribution in [2.45, 2.75) is 60.3 Å². The van der Waals surface area contributed by atoms with Crippen LogP contribution in [0.4, 0.5) is 0 Å². The number of rotatable bonds is 4. The molecule has 1 saturated heterocycles. The Morgan fingerprint density at radius 2 is 1.52 bits per heavy atom. The number of piperidine rings is 1. The topological polar surface area (TPSA) is 62.8 Å². The number of hydrogen-bond acceptors (Lipinski definition) is 4. The minimum Gasteiger partial charge on any atom is -0.497 e. The standard InChI is InChI=1S/C20H22N4O.3C2H6/c1-25-17-4-2-3-16(13-17)19-18(14-5-9-21-10-6-14)23-20(24-19)15-7-11-22-12-8-15;3*1-2/h2-6,9-10,13,15,22H,7-8,11-12H2,1H3,(H,23,24);3*1-2H3. The maximum absolute atomic E-state index is 5.39. The summed E-state index contributed by atoms with van der Waals surface area (Å²) in [6.45, 7) is 14.1. The van der Waals surface area contributed by atoms with E-state index in [2.05, 4.69) is 21.4 Å².